The Balaban J connectivity index is 1.49. The molecule has 132 valence electrons. The third-order valence-electron chi connectivity index (χ3n) is 4.09. The monoisotopic (exact) mass is 360 g/mol. The van der Waals surface area contributed by atoms with E-state index in [2.05, 4.69) is 10.6 Å². The lowest BCUT2D eigenvalue weighted by atomic mass is 9.86. The second-order valence-electron chi connectivity index (χ2n) is 6.45. The van der Waals surface area contributed by atoms with Crippen LogP contribution in [0.5, 0.6) is 11.5 Å². The first-order valence-electron chi connectivity index (χ1n) is 7.93. The maximum absolute atomic E-state index is 12.0. The first-order chi connectivity index (χ1) is 12.0. The summed E-state index contributed by atoms with van der Waals surface area (Å²) in [5.41, 5.74) is 1.75. The highest BCUT2D eigenvalue weighted by molar-refractivity contribution is 7.08. The molecule has 2 N–H and O–H groups in total. The number of fused-ring (bicyclic) bond motifs is 1. The summed E-state index contributed by atoms with van der Waals surface area (Å²) in [6.07, 6.45) is 0. The van der Waals surface area contributed by atoms with Gasteiger partial charge in [0.15, 0.2) is 11.5 Å². The molecule has 1 aliphatic heterocycles. The quantitative estimate of drug-likeness (QED) is 0.802. The molecule has 0 bridgehead atoms. The van der Waals surface area contributed by atoms with E-state index in [1.807, 2.05) is 36.7 Å². The number of carbonyl (C=O) groups is 2. The molecule has 2 amide bonds. The Bertz CT molecular complexity index is 771. The number of carbonyl (C=O) groups excluding carboxylic acids is 2. The van der Waals surface area contributed by atoms with Crippen molar-refractivity contribution in [3.05, 3.63) is 46.2 Å². The van der Waals surface area contributed by atoms with Gasteiger partial charge in [-0.3, -0.25) is 9.59 Å². The van der Waals surface area contributed by atoms with Crippen LogP contribution in [0.2, 0.25) is 0 Å². The second-order valence-corrected chi connectivity index (χ2v) is 7.23. The Morgan fingerprint density at radius 2 is 1.88 bits per heavy atom. The molecule has 6 nitrogen and oxygen atoms in total. The Morgan fingerprint density at radius 1 is 1.12 bits per heavy atom. The number of hydrogen-bond donors (Lipinski definition) is 2. The molecule has 1 aromatic heterocycles. The van der Waals surface area contributed by atoms with Crippen LogP contribution in [0.3, 0.4) is 0 Å². The summed E-state index contributed by atoms with van der Waals surface area (Å²) in [5, 5.41) is 9.36. The number of ether oxygens (including phenoxy) is 2. The third kappa shape index (κ3) is 4.11. The van der Waals surface area contributed by atoms with E-state index in [1.165, 1.54) is 0 Å². The Labute approximate surface area is 150 Å². The van der Waals surface area contributed by atoms with Crippen molar-refractivity contribution in [1.82, 2.24) is 10.6 Å². The summed E-state index contributed by atoms with van der Waals surface area (Å²) in [6.45, 7) is 4.89. The zero-order valence-corrected chi connectivity index (χ0v) is 14.9. The van der Waals surface area contributed by atoms with Gasteiger partial charge in [-0.15, -0.1) is 0 Å². The van der Waals surface area contributed by atoms with Crippen molar-refractivity contribution in [3.63, 3.8) is 0 Å². The Hall–Kier alpha value is -2.54. The van der Waals surface area contributed by atoms with E-state index >= 15 is 0 Å². The summed E-state index contributed by atoms with van der Waals surface area (Å²) >= 11 is 1.61. The molecular formula is C18H20N2O4S. The minimum Gasteiger partial charge on any atom is -0.454 e. The Kier molecular flexibility index (Phi) is 4.94. The SMILES string of the molecule is CC(C)(CNC(=O)C(=O)NCc1ccc2c(c1)OCO2)c1ccsc1. The van der Waals surface area contributed by atoms with E-state index in [-0.39, 0.29) is 18.8 Å². The van der Waals surface area contributed by atoms with Crippen LogP contribution in [0, 0.1) is 0 Å². The van der Waals surface area contributed by atoms with Gasteiger partial charge in [0, 0.05) is 18.5 Å². The smallest absolute Gasteiger partial charge is 0.309 e. The third-order valence-corrected chi connectivity index (χ3v) is 4.77. The van der Waals surface area contributed by atoms with Gasteiger partial charge >= 0.3 is 11.8 Å². The van der Waals surface area contributed by atoms with Crippen molar-refractivity contribution in [3.8, 4) is 11.5 Å². The van der Waals surface area contributed by atoms with E-state index in [4.69, 9.17) is 9.47 Å². The van der Waals surface area contributed by atoms with Crippen LogP contribution >= 0.6 is 11.3 Å². The zero-order chi connectivity index (χ0) is 17.9. The van der Waals surface area contributed by atoms with Crippen molar-refractivity contribution >= 4 is 23.2 Å². The highest BCUT2D eigenvalue weighted by Gasteiger charge is 2.23. The molecule has 0 spiro atoms. The van der Waals surface area contributed by atoms with Gasteiger partial charge in [-0.05, 0) is 40.1 Å². The largest absolute Gasteiger partial charge is 0.454 e. The summed E-state index contributed by atoms with van der Waals surface area (Å²) in [6, 6.07) is 7.43. The molecule has 1 aliphatic rings. The van der Waals surface area contributed by atoms with Crippen LogP contribution in [0.25, 0.3) is 0 Å². The maximum atomic E-state index is 12.0. The molecular weight excluding hydrogens is 340 g/mol. The molecule has 1 aromatic carbocycles. The van der Waals surface area contributed by atoms with Crippen molar-refractivity contribution in [2.45, 2.75) is 25.8 Å². The number of amides is 2. The van der Waals surface area contributed by atoms with Gasteiger partial charge in [0.05, 0.1) is 0 Å². The van der Waals surface area contributed by atoms with Crippen molar-refractivity contribution in [2.75, 3.05) is 13.3 Å². The number of nitrogens with one attached hydrogen (secondary N) is 2. The predicted octanol–water partition coefficient (Wildman–Crippen LogP) is 2.19. The molecule has 0 unspecified atom stereocenters. The van der Waals surface area contributed by atoms with E-state index < -0.39 is 11.8 Å². The molecule has 2 heterocycles. The molecule has 7 heteroatoms. The first kappa shape index (κ1) is 17.3. The average molecular weight is 360 g/mol. The highest BCUT2D eigenvalue weighted by Crippen LogP contribution is 2.32. The van der Waals surface area contributed by atoms with Gasteiger partial charge in [-0.2, -0.15) is 11.3 Å². The Morgan fingerprint density at radius 3 is 2.64 bits per heavy atom. The molecule has 0 fully saturated rings. The van der Waals surface area contributed by atoms with Crippen molar-refractivity contribution in [2.24, 2.45) is 0 Å². The minimum absolute atomic E-state index is 0.202. The van der Waals surface area contributed by atoms with Gasteiger partial charge in [0.2, 0.25) is 6.79 Å². The predicted molar refractivity (Wildman–Crippen MR) is 94.8 cm³/mol. The molecule has 0 atom stereocenters. The number of thiophene rings is 1. The van der Waals surface area contributed by atoms with Gasteiger partial charge in [0.1, 0.15) is 0 Å². The van der Waals surface area contributed by atoms with Crippen LogP contribution in [-0.4, -0.2) is 25.2 Å². The fourth-order valence-corrected chi connectivity index (χ4v) is 3.29. The van der Waals surface area contributed by atoms with Crippen LogP contribution in [0.1, 0.15) is 25.0 Å². The van der Waals surface area contributed by atoms with Gasteiger partial charge in [-0.25, -0.2) is 0 Å². The van der Waals surface area contributed by atoms with Crippen molar-refractivity contribution < 1.29 is 19.1 Å². The van der Waals surface area contributed by atoms with Crippen LogP contribution in [0.4, 0.5) is 0 Å². The molecule has 25 heavy (non-hydrogen) atoms. The molecule has 0 aliphatic carbocycles. The highest BCUT2D eigenvalue weighted by atomic mass is 32.1. The summed E-state index contributed by atoms with van der Waals surface area (Å²) in [4.78, 5) is 24.0. The van der Waals surface area contributed by atoms with Gasteiger partial charge in [0.25, 0.3) is 0 Å². The number of hydrogen-bond acceptors (Lipinski definition) is 5. The lowest BCUT2D eigenvalue weighted by Crippen LogP contribution is -2.44. The summed E-state index contributed by atoms with van der Waals surface area (Å²) < 4.78 is 10.5. The average Bonchev–Trinajstić information content (AvgIpc) is 3.28. The van der Waals surface area contributed by atoms with E-state index in [0.717, 1.165) is 11.1 Å². The maximum Gasteiger partial charge on any atom is 0.309 e. The molecule has 3 rings (SSSR count). The van der Waals surface area contributed by atoms with E-state index in [9.17, 15) is 9.59 Å². The van der Waals surface area contributed by atoms with Gasteiger partial charge in [-0.1, -0.05) is 19.9 Å². The lowest BCUT2D eigenvalue weighted by Gasteiger charge is -2.24. The second kappa shape index (κ2) is 7.14. The number of rotatable bonds is 5. The summed E-state index contributed by atoms with van der Waals surface area (Å²) in [7, 11) is 0. The molecule has 2 aromatic rings. The van der Waals surface area contributed by atoms with E-state index in [0.29, 0.717) is 18.0 Å². The first-order valence-corrected chi connectivity index (χ1v) is 8.87. The fourth-order valence-electron chi connectivity index (χ4n) is 2.45. The fraction of sp³-hybridized carbons (Fsp3) is 0.333. The number of benzene rings is 1. The van der Waals surface area contributed by atoms with E-state index in [1.54, 1.807) is 23.5 Å². The standard InChI is InChI=1S/C18H20N2O4S/c1-18(2,13-5-6-25-9-13)10-20-17(22)16(21)19-8-12-3-4-14-15(7-12)24-11-23-14/h3-7,9H,8,10-11H2,1-2H3,(H,19,21)(H,20,22). The lowest BCUT2D eigenvalue weighted by molar-refractivity contribution is -0.139. The summed E-state index contributed by atoms with van der Waals surface area (Å²) in [5.74, 6) is 0.0417. The van der Waals surface area contributed by atoms with Gasteiger partial charge < -0.3 is 20.1 Å². The normalized spacial score (nSPS) is 12.7. The molecule has 0 saturated heterocycles. The molecule has 0 saturated carbocycles. The van der Waals surface area contributed by atoms with Crippen LogP contribution < -0.4 is 20.1 Å². The van der Waals surface area contributed by atoms with Crippen LogP contribution in [-0.2, 0) is 21.5 Å². The van der Waals surface area contributed by atoms with Crippen LogP contribution in [0.15, 0.2) is 35.0 Å². The topological polar surface area (TPSA) is 76.7 Å². The minimum atomic E-state index is -0.654. The molecule has 0 radical (unpaired) electrons. The van der Waals surface area contributed by atoms with Crippen molar-refractivity contribution in [1.29, 1.82) is 0 Å². The zero-order valence-electron chi connectivity index (χ0n) is 14.1.